The summed E-state index contributed by atoms with van der Waals surface area (Å²) in [6, 6.07) is 2.86. The Bertz CT molecular complexity index is 724. The zero-order chi connectivity index (χ0) is 14.9. The van der Waals surface area contributed by atoms with Gasteiger partial charge in [0.25, 0.3) is 0 Å². The summed E-state index contributed by atoms with van der Waals surface area (Å²) in [7, 11) is 1.22. The molecular weight excluding hydrogens is 280 g/mol. The minimum Gasteiger partial charge on any atom is -0.506 e. The molecule has 0 aliphatic rings. The first-order valence-corrected chi connectivity index (χ1v) is 6.83. The molecule has 0 fully saturated rings. The maximum Gasteiger partial charge on any atom is 0.356 e. The number of aromatic nitrogens is 2. The highest BCUT2D eigenvalue weighted by molar-refractivity contribution is 8.00. The Kier molecular flexibility index (Phi) is 3.99. The molecule has 106 valence electrons. The van der Waals surface area contributed by atoms with Crippen molar-refractivity contribution in [1.82, 2.24) is 10.2 Å². The number of ether oxygens (including phenoxy) is 1. The van der Waals surface area contributed by atoms with Crippen molar-refractivity contribution < 1.29 is 14.6 Å². The lowest BCUT2D eigenvalue weighted by atomic mass is 10.2. The predicted octanol–water partition coefficient (Wildman–Crippen LogP) is 1.92. The highest BCUT2D eigenvalue weighted by Gasteiger charge is 2.20. The van der Waals surface area contributed by atoms with Gasteiger partial charge in [0.05, 0.1) is 17.4 Å². The van der Waals surface area contributed by atoms with Crippen molar-refractivity contribution in [2.24, 2.45) is 0 Å². The average molecular weight is 294 g/mol. The van der Waals surface area contributed by atoms with Gasteiger partial charge in [0, 0.05) is 5.25 Å². The van der Waals surface area contributed by atoms with Crippen LogP contribution in [-0.4, -0.2) is 33.6 Å². The first-order chi connectivity index (χ1) is 9.45. The van der Waals surface area contributed by atoms with E-state index in [1.807, 2.05) is 13.8 Å². The first kappa shape index (κ1) is 14.4. The number of nitrogens with one attached hydrogen (secondary N) is 1. The number of fused-ring (bicyclic) bond motifs is 1. The van der Waals surface area contributed by atoms with Gasteiger partial charge in [-0.25, -0.2) is 4.79 Å². The number of methoxy groups -OCH3 is 1. The van der Waals surface area contributed by atoms with E-state index in [2.05, 4.69) is 14.9 Å². The normalized spacial score (nSPS) is 11.0. The number of esters is 1. The molecule has 1 heterocycles. The number of thioether (sulfide) groups is 1. The lowest BCUT2D eigenvalue weighted by Gasteiger charge is -2.05. The number of rotatable bonds is 3. The topological polar surface area (TPSA) is 92.3 Å². The number of hydrogen-bond donors (Lipinski definition) is 2. The van der Waals surface area contributed by atoms with Crippen LogP contribution < -0.4 is 5.43 Å². The zero-order valence-electron chi connectivity index (χ0n) is 11.3. The minimum atomic E-state index is -0.686. The van der Waals surface area contributed by atoms with Gasteiger partial charge in [-0.2, -0.15) is 5.10 Å². The summed E-state index contributed by atoms with van der Waals surface area (Å²) in [4.78, 5) is 24.1. The number of aromatic amines is 1. The van der Waals surface area contributed by atoms with E-state index < -0.39 is 5.97 Å². The molecule has 0 aliphatic heterocycles. The molecule has 7 heteroatoms. The van der Waals surface area contributed by atoms with E-state index in [1.54, 1.807) is 0 Å². The van der Waals surface area contributed by atoms with Gasteiger partial charge in [0.1, 0.15) is 11.3 Å². The van der Waals surface area contributed by atoms with Gasteiger partial charge in [-0.3, -0.25) is 9.89 Å². The van der Waals surface area contributed by atoms with Crippen LogP contribution in [0, 0.1) is 0 Å². The molecular formula is C13H14N2O4S. The van der Waals surface area contributed by atoms with Crippen LogP contribution in [-0.2, 0) is 4.74 Å². The van der Waals surface area contributed by atoms with Crippen molar-refractivity contribution in [1.29, 1.82) is 0 Å². The molecule has 2 rings (SSSR count). The van der Waals surface area contributed by atoms with E-state index in [0.29, 0.717) is 4.90 Å². The lowest BCUT2D eigenvalue weighted by Crippen LogP contribution is -2.02. The Hall–Kier alpha value is -2.02. The van der Waals surface area contributed by atoms with Crippen LogP contribution in [0.4, 0.5) is 0 Å². The highest BCUT2D eigenvalue weighted by Crippen LogP contribution is 2.35. The Morgan fingerprint density at radius 2 is 2.15 bits per heavy atom. The first-order valence-electron chi connectivity index (χ1n) is 5.95. The fourth-order valence-electron chi connectivity index (χ4n) is 1.78. The van der Waals surface area contributed by atoms with Gasteiger partial charge in [-0.1, -0.05) is 13.8 Å². The van der Waals surface area contributed by atoms with Crippen molar-refractivity contribution in [3.05, 3.63) is 28.0 Å². The Balaban J connectivity index is 2.83. The molecule has 20 heavy (non-hydrogen) atoms. The van der Waals surface area contributed by atoms with Crippen molar-refractivity contribution in [3.8, 4) is 5.75 Å². The van der Waals surface area contributed by atoms with Gasteiger partial charge in [-0.15, -0.1) is 11.8 Å². The molecule has 6 nitrogen and oxygen atoms in total. The summed E-state index contributed by atoms with van der Waals surface area (Å²) in [5.41, 5.74) is -0.394. The molecule has 0 saturated carbocycles. The van der Waals surface area contributed by atoms with E-state index in [0.717, 1.165) is 0 Å². The quantitative estimate of drug-likeness (QED) is 0.663. The van der Waals surface area contributed by atoms with Crippen LogP contribution in [0.5, 0.6) is 5.75 Å². The van der Waals surface area contributed by atoms with Crippen molar-refractivity contribution >= 4 is 28.6 Å². The maximum absolute atomic E-state index is 11.9. The molecule has 0 aliphatic carbocycles. The standard InChI is InChI=1S/C13H14N2O4S/c1-6(2)20-8-5-4-7(16)10-9(12(8)17)11(15-14-10)13(18)19-3/h4-6,17H,1-3H3,(H,14,15). The fourth-order valence-corrected chi connectivity index (χ4v) is 2.65. The molecule has 0 unspecified atom stereocenters. The maximum atomic E-state index is 11.9. The number of aromatic hydroxyl groups is 1. The van der Waals surface area contributed by atoms with Crippen LogP contribution in [0.1, 0.15) is 24.3 Å². The monoisotopic (exact) mass is 294 g/mol. The third-order valence-electron chi connectivity index (χ3n) is 2.61. The van der Waals surface area contributed by atoms with Gasteiger partial charge >= 0.3 is 5.97 Å². The SMILES string of the molecule is COC(=O)c1[nH]nc2c(=O)ccc(SC(C)C)c(O)c12. The Labute approximate surface area is 119 Å². The smallest absolute Gasteiger partial charge is 0.356 e. The summed E-state index contributed by atoms with van der Waals surface area (Å²) < 4.78 is 4.62. The largest absolute Gasteiger partial charge is 0.506 e. The van der Waals surface area contributed by atoms with E-state index in [4.69, 9.17) is 0 Å². The second-order valence-corrected chi connectivity index (χ2v) is 6.01. The van der Waals surface area contributed by atoms with Gasteiger partial charge in [0.15, 0.2) is 5.69 Å². The number of hydrogen-bond acceptors (Lipinski definition) is 6. The zero-order valence-corrected chi connectivity index (χ0v) is 12.1. The van der Waals surface area contributed by atoms with Crippen LogP contribution in [0.25, 0.3) is 10.9 Å². The van der Waals surface area contributed by atoms with Gasteiger partial charge in [-0.05, 0) is 12.1 Å². The summed E-state index contributed by atoms with van der Waals surface area (Å²) in [6.07, 6.45) is 0. The van der Waals surface area contributed by atoms with E-state index in [-0.39, 0.29) is 33.0 Å². The summed E-state index contributed by atoms with van der Waals surface area (Å²) in [5, 5.41) is 16.9. The fraction of sp³-hybridized carbons (Fsp3) is 0.308. The summed E-state index contributed by atoms with van der Waals surface area (Å²) in [5.74, 6) is -0.830. The van der Waals surface area contributed by atoms with Crippen LogP contribution in [0.15, 0.2) is 21.8 Å². The number of nitrogens with zero attached hydrogens (tertiary/aromatic N) is 1. The van der Waals surface area contributed by atoms with Crippen molar-refractivity contribution in [3.63, 3.8) is 0 Å². The molecule has 2 N–H and O–H groups in total. The number of carbonyl (C=O) groups excluding carboxylic acids is 1. The molecule has 0 radical (unpaired) electrons. The predicted molar refractivity (Wildman–Crippen MR) is 76.4 cm³/mol. The van der Waals surface area contributed by atoms with Gasteiger partial charge < -0.3 is 9.84 Å². The van der Waals surface area contributed by atoms with Gasteiger partial charge in [0.2, 0.25) is 5.43 Å². The molecule has 2 aromatic rings. The third kappa shape index (κ3) is 2.49. The third-order valence-corrected chi connectivity index (χ3v) is 3.66. The molecule has 0 amide bonds. The van der Waals surface area contributed by atoms with Crippen LogP contribution >= 0.6 is 11.8 Å². The van der Waals surface area contributed by atoms with E-state index in [9.17, 15) is 14.7 Å². The number of carbonyl (C=O) groups is 1. The minimum absolute atomic E-state index is 0.0125. The second kappa shape index (κ2) is 5.54. The highest BCUT2D eigenvalue weighted by atomic mass is 32.2. The average Bonchev–Trinajstić information content (AvgIpc) is 2.81. The van der Waals surface area contributed by atoms with Crippen LogP contribution in [0.2, 0.25) is 0 Å². The van der Waals surface area contributed by atoms with Crippen LogP contribution in [0.3, 0.4) is 0 Å². The van der Waals surface area contributed by atoms with Crippen molar-refractivity contribution in [2.45, 2.75) is 24.0 Å². The molecule has 1 aromatic carbocycles. The number of H-pyrrole nitrogens is 1. The molecule has 1 aromatic heterocycles. The van der Waals surface area contributed by atoms with E-state index in [1.165, 1.54) is 31.0 Å². The second-order valence-electron chi connectivity index (χ2n) is 4.39. The molecule has 0 bridgehead atoms. The van der Waals surface area contributed by atoms with E-state index >= 15 is 0 Å². The Morgan fingerprint density at radius 1 is 1.45 bits per heavy atom. The Morgan fingerprint density at radius 3 is 2.75 bits per heavy atom. The molecule has 0 spiro atoms. The molecule has 0 atom stereocenters. The lowest BCUT2D eigenvalue weighted by molar-refractivity contribution is 0.0596. The summed E-state index contributed by atoms with van der Waals surface area (Å²) >= 11 is 1.39. The molecule has 0 saturated heterocycles. The summed E-state index contributed by atoms with van der Waals surface area (Å²) in [6.45, 7) is 3.92. The van der Waals surface area contributed by atoms with Crippen molar-refractivity contribution in [2.75, 3.05) is 7.11 Å².